The van der Waals surface area contributed by atoms with E-state index in [0.717, 1.165) is 0 Å². The first-order valence-electron chi connectivity index (χ1n) is 9.14. The highest BCUT2D eigenvalue weighted by Gasteiger charge is 2.47. The van der Waals surface area contributed by atoms with Crippen molar-refractivity contribution in [2.75, 3.05) is 0 Å². The van der Waals surface area contributed by atoms with Crippen molar-refractivity contribution in [1.29, 1.82) is 0 Å². The maximum atomic E-state index is 6.40. The van der Waals surface area contributed by atoms with E-state index >= 15 is 0 Å². The fourth-order valence-electron chi connectivity index (χ4n) is 3.65. The number of benzene rings is 2. The van der Waals surface area contributed by atoms with Crippen LogP contribution in [-0.4, -0.2) is 23.7 Å². The van der Waals surface area contributed by atoms with E-state index < -0.39 is 13.7 Å². The summed E-state index contributed by atoms with van der Waals surface area (Å²) in [6, 6.07) is 21.7. The maximum absolute atomic E-state index is 6.40. The molecule has 2 aromatic carbocycles. The third kappa shape index (κ3) is 4.14. The predicted molar refractivity (Wildman–Crippen MR) is 107 cm³/mol. The van der Waals surface area contributed by atoms with E-state index in [9.17, 15) is 0 Å². The zero-order chi connectivity index (χ0) is 18.0. The van der Waals surface area contributed by atoms with Crippen LogP contribution in [0, 0.1) is 5.92 Å². The van der Waals surface area contributed by atoms with Crippen LogP contribution in [0.4, 0.5) is 0 Å². The molecule has 3 rings (SSSR count). The summed E-state index contributed by atoms with van der Waals surface area (Å²) in [6.45, 7) is 10.8. The van der Waals surface area contributed by atoms with Gasteiger partial charge in [0.15, 0.2) is 5.79 Å². The fourth-order valence-corrected chi connectivity index (χ4v) is 6.40. The number of rotatable bonds is 5. The van der Waals surface area contributed by atoms with Crippen LogP contribution in [0.5, 0.6) is 0 Å². The molecule has 0 radical (unpaired) electrons. The van der Waals surface area contributed by atoms with Gasteiger partial charge in [0, 0.05) is 5.66 Å². The van der Waals surface area contributed by atoms with Gasteiger partial charge in [0.2, 0.25) is 0 Å². The second kappa shape index (κ2) is 7.58. The topological polar surface area (TPSA) is 18.5 Å². The number of ether oxygens (including phenoxy) is 2. The van der Waals surface area contributed by atoms with Crippen LogP contribution in [-0.2, 0) is 9.47 Å². The lowest BCUT2D eigenvalue weighted by Crippen LogP contribution is -2.38. The smallest absolute Gasteiger partial charge is 0.163 e. The molecule has 1 fully saturated rings. The molecule has 0 unspecified atom stereocenters. The monoisotopic (exact) mass is 356 g/mol. The minimum atomic E-state index is -0.521. The average molecular weight is 356 g/mol. The van der Waals surface area contributed by atoms with Crippen molar-refractivity contribution in [3.8, 4) is 0 Å². The van der Waals surface area contributed by atoms with Gasteiger partial charge >= 0.3 is 0 Å². The third-order valence-electron chi connectivity index (χ3n) is 4.77. The van der Waals surface area contributed by atoms with E-state index in [-0.39, 0.29) is 12.2 Å². The molecule has 1 saturated heterocycles. The summed E-state index contributed by atoms with van der Waals surface area (Å²) in [5.41, 5.74) is 0.369. The molecule has 2 aromatic rings. The second-order valence-electron chi connectivity index (χ2n) is 7.59. The van der Waals surface area contributed by atoms with Crippen molar-refractivity contribution in [1.82, 2.24) is 0 Å². The van der Waals surface area contributed by atoms with Gasteiger partial charge in [-0.1, -0.05) is 81.4 Å². The van der Waals surface area contributed by atoms with Gasteiger partial charge in [-0.05, 0) is 38.3 Å². The van der Waals surface area contributed by atoms with E-state index in [1.165, 1.54) is 10.6 Å². The van der Waals surface area contributed by atoms with Gasteiger partial charge in [-0.15, -0.1) is 0 Å². The van der Waals surface area contributed by atoms with E-state index in [1.54, 1.807) is 0 Å². The molecule has 25 heavy (non-hydrogen) atoms. The highest BCUT2D eigenvalue weighted by Crippen LogP contribution is 2.47. The Kier molecular flexibility index (Phi) is 5.63. The largest absolute Gasteiger partial charge is 0.344 e. The lowest BCUT2D eigenvalue weighted by molar-refractivity contribution is -0.149. The van der Waals surface area contributed by atoms with Crippen LogP contribution in [0.3, 0.4) is 0 Å². The minimum Gasteiger partial charge on any atom is -0.344 e. The average Bonchev–Trinajstić information content (AvgIpc) is 2.93. The molecule has 1 heterocycles. The Morgan fingerprint density at radius 3 is 1.64 bits per heavy atom. The molecule has 0 saturated carbocycles. The third-order valence-corrected chi connectivity index (χ3v) is 7.59. The molecule has 134 valence electrons. The Hall–Kier alpha value is -1.21. The van der Waals surface area contributed by atoms with Gasteiger partial charge in [0.1, 0.15) is 0 Å². The van der Waals surface area contributed by atoms with Crippen LogP contribution in [0.25, 0.3) is 0 Å². The Morgan fingerprint density at radius 2 is 1.20 bits per heavy atom. The Bertz CT molecular complexity index is 629. The highest BCUT2D eigenvalue weighted by molar-refractivity contribution is 7.73. The van der Waals surface area contributed by atoms with Gasteiger partial charge in [-0.2, -0.15) is 0 Å². The predicted octanol–water partition coefficient (Wildman–Crippen LogP) is 4.68. The van der Waals surface area contributed by atoms with Gasteiger partial charge in [0.05, 0.1) is 12.2 Å². The quantitative estimate of drug-likeness (QED) is 0.724. The summed E-state index contributed by atoms with van der Waals surface area (Å²) >= 11 is 0. The van der Waals surface area contributed by atoms with Gasteiger partial charge < -0.3 is 9.47 Å². The maximum Gasteiger partial charge on any atom is 0.163 e. The zero-order valence-electron chi connectivity index (χ0n) is 15.8. The molecular formula is C22H29O2P. The van der Waals surface area contributed by atoms with Crippen molar-refractivity contribution in [2.45, 2.75) is 58.3 Å². The van der Waals surface area contributed by atoms with Crippen LogP contribution in [0.1, 0.15) is 34.6 Å². The van der Waals surface area contributed by atoms with Crippen LogP contribution in [0.15, 0.2) is 60.7 Å². The van der Waals surface area contributed by atoms with Crippen LogP contribution < -0.4 is 10.6 Å². The standard InChI is InChI=1S/C22H29O2P/c1-16(2)20-21(24-22(4,5)23-20)17(3)25(18-12-8-6-9-13-18)19-14-10-7-11-15-19/h6-17,20-21H,1-5H3/t17-,20-,21-/m1/s1. The zero-order valence-corrected chi connectivity index (χ0v) is 16.7. The summed E-state index contributed by atoms with van der Waals surface area (Å²) in [7, 11) is -0.521. The fraction of sp³-hybridized carbons (Fsp3) is 0.455. The molecule has 3 heteroatoms. The van der Waals surface area contributed by atoms with E-state index in [2.05, 4.69) is 81.4 Å². The second-order valence-corrected chi connectivity index (χ2v) is 10.2. The lowest BCUT2D eigenvalue weighted by Gasteiger charge is -2.33. The Labute approximate surface area is 153 Å². The first-order valence-corrected chi connectivity index (χ1v) is 10.5. The molecular weight excluding hydrogens is 327 g/mol. The summed E-state index contributed by atoms with van der Waals surface area (Å²) < 4.78 is 12.7. The molecule has 3 atom stereocenters. The molecule has 1 aliphatic rings. The number of hydrogen-bond donors (Lipinski definition) is 0. The summed E-state index contributed by atoms with van der Waals surface area (Å²) in [6.07, 6.45) is 0.226. The highest BCUT2D eigenvalue weighted by atomic mass is 31.1. The summed E-state index contributed by atoms with van der Waals surface area (Å²) in [5.74, 6) is -0.0833. The van der Waals surface area contributed by atoms with Crippen molar-refractivity contribution >= 4 is 18.5 Å². The van der Waals surface area contributed by atoms with Crippen molar-refractivity contribution in [3.05, 3.63) is 60.7 Å². The first kappa shape index (κ1) is 18.6. The van der Waals surface area contributed by atoms with E-state index in [1.807, 2.05) is 13.8 Å². The summed E-state index contributed by atoms with van der Waals surface area (Å²) in [4.78, 5) is 0. The van der Waals surface area contributed by atoms with Crippen molar-refractivity contribution < 1.29 is 9.47 Å². The SMILES string of the molecule is CC(C)[C@H]1OC(C)(C)O[C@@H]1[C@@H](C)P(c1ccccc1)c1ccccc1. The van der Waals surface area contributed by atoms with Gasteiger partial charge in [-0.3, -0.25) is 0 Å². The van der Waals surface area contributed by atoms with Gasteiger partial charge in [-0.25, -0.2) is 0 Å². The van der Waals surface area contributed by atoms with Crippen LogP contribution >= 0.6 is 7.92 Å². The molecule has 1 aliphatic heterocycles. The molecule has 0 N–H and O–H groups in total. The molecule has 0 amide bonds. The number of hydrogen-bond acceptors (Lipinski definition) is 2. The molecule has 0 spiro atoms. The Balaban J connectivity index is 1.98. The Morgan fingerprint density at radius 1 is 0.760 bits per heavy atom. The van der Waals surface area contributed by atoms with Gasteiger partial charge in [0.25, 0.3) is 0 Å². The normalized spacial score (nSPS) is 24.0. The lowest BCUT2D eigenvalue weighted by atomic mass is 10.0. The summed E-state index contributed by atoms with van der Waals surface area (Å²) in [5, 5.41) is 2.79. The van der Waals surface area contributed by atoms with Crippen molar-refractivity contribution in [3.63, 3.8) is 0 Å². The van der Waals surface area contributed by atoms with E-state index in [4.69, 9.17) is 9.47 Å². The molecule has 0 bridgehead atoms. The minimum absolute atomic E-state index is 0.0986. The molecule has 0 aromatic heterocycles. The van der Waals surface area contributed by atoms with Crippen LogP contribution in [0.2, 0.25) is 0 Å². The first-order chi connectivity index (χ1) is 11.9. The van der Waals surface area contributed by atoms with Crippen molar-refractivity contribution in [2.24, 2.45) is 5.92 Å². The molecule has 0 aliphatic carbocycles. The van der Waals surface area contributed by atoms with E-state index in [0.29, 0.717) is 11.6 Å². The molecule has 2 nitrogen and oxygen atoms in total.